The molecule has 100 valence electrons. The summed E-state index contributed by atoms with van der Waals surface area (Å²) in [7, 11) is 0. The number of rotatable bonds is 4. The number of nitrogens with one attached hydrogen (secondary N) is 1. The van der Waals surface area contributed by atoms with E-state index in [0.717, 1.165) is 5.69 Å². The minimum atomic E-state index is -0.987. The highest BCUT2D eigenvalue weighted by Gasteiger charge is 2.15. The number of thiazole rings is 1. The lowest BCUT2D eigenvalue weighted by Crippen LogP contribution is -2.00. The van der Waals surface area contributed by atoms with Gasteiger partial charge in [-0.25, -0.2) is 9.78 Å². The van der Waals surface area contributed by atoms with Crippen LogP contribution in [0.1, 0.15) is 40.7 Å². The smallest absolute Gasteiger partial charge is 0.355 e. The zero-order chi connectivity index (χ0) is 14.0. The Bertz CT molecular complexity index is 605. The van der Waals surface area contributed by atoms with Crippen LogP contribution in [-0.4, -0.2) is 16.1 Å². The van der Waals surface area contributed by atoms with Crippen LogP contribution in [0.5, 0.6) is 0 Å². The fraction of sp³-hybridized carbons (Fsp3) is 0.286. The lowest BCUT2D eigenvalue weighted by Gasteiger charge is -2.12. The Morgan fingerprint density at radius 3 is 2.63 bits per heavy atom. The van der Waals surface area contributed by atoms with Gasteiger partial charge in [-0.15, -0.1) is 11.3 Å². The van der Waals surface area contributed by atoms with Crippen molar-refractivity contribution in [3.8, 4) is 0 Å². The molecule has 0 atom stereocenters. The highest BCUT2D eigenvalue weighted by atomic mass is 32.1. The van der Waals surface area contributed by atoms with Crippen LogP contribution in [0.3, 0.4) is 0 Å². The summed E-state index contributed by atoms with van der Waals surface area (Å²) in [6, 6.07) is 7.99. The monoisotopic (exact) mass is 276 g/mol. The fourth-order valence-corrected chi connectivity index (χ4v) is 2.70. The van der Waals surface area contributed by atoms with Crippen LogP contribution in [0.4, 0.5) is 10.8 Å². The zero-order valence-corrected chi connectivity index (χ0v) is 11.9. The van der Waals surface area contributed by atoms with Crippen molar-refractivity contribution < 1.29 is 9.90 Å². The molecule has 1 aromatic carbocycles. The summed E-state index contributed by atoms with van der Waals surface area (Å²) in [5, 5.41) is 12.8. The zero-order valence-electron chi connectivity index (χ0n) is 11.1. The maximum absolute atomic E-state index is 11.0. The Hall–Kier alpha value is -1.88. The van der Waals surface area contributed by atoms with E-state index in [9.17, 15) is 4.79 Å². The molecule has 2 rings (SSSR count). The first-order chi connectivity index (χ1) is 8.99. The second-order valence-corrected chi connectivity index (χ2v) is 5.80. The van der Waals surface area contributed by atoms with E-state index >= 15 is 0 Å². The van der Waals surface area contributed by atoms with Crippen LogP contribution in [0.2, 0.25) is 0 Å². The van der Waals surface area contributed by atoms with E-state index in [1.807, 2.05) is 18.2 Å². The number of carboxylic acid groups (broad SMARTS) is 1. The Balaban J connectivity index is 2.31. The lowest BCUT2D eigenvalue weighted by atomic mass is 10.0. The normalized spacial score (nSPS) is 10.7. The molecule has 19 heavy (non-hydrogen) atoms. The van der Waals surface area contributed by atoms with Gasteiger partial charge in [-0.05, 0) is 24.5 Å². The molecule has 0 aliphatic heterocycles. The molecular formula is C14H16N2O2S. The molecule has 1 heterocycles. The predicted octanol–water partition coefficient (Wildman–Crippen LogP) is 4.02. The number of benzene rings is 1. The SMILES string of the molecule is Cc1sc(Nc2ccccc2C(C)C)nc1C(=O)O. The first-order valence-electron chi connectivity index (χ1n) is 6.05. The molecule has 2 N–H and O–H groups in total. The predicted molar refractivity (Wildman–Crippen MR) is 77.6 cm³/mol. The highest BCUT2D eigenvalue weighted by molar-refractivity contribution is 7.15. The van der Waals surface area contributed by atoms with Crippen molar-refractivity contribution in [3.05, 3.63) is 40.4 Å². The number of aryl methyl sites for hydroxylation is 1. The average molecular weight is 276 g/mol. The van der Waals surface area contributed by atoms with E-state index in [1.165, 1.54) is 16.9 Å². The molecule has 2 aromatic rings. The topological polar surface area (TPSA) is 62.2 Å². The van der Waals surface area contributed by atoms with Crippen LogP contribution in [0.15, 0.2) is 24.3 Å². The molecule has 0 spiro atoms. The minimum absolute atomic E-state index is 0.120. The van der Waals surface area contributed by atoms with Crippen molar-refractivity contribution >= 4 is 28.1 Å². The molecule has 0 bridgehead atoms. The largest absolute Gasteiger partial charge is 0.476 e. The Morgan fingerprint density at radius 1 is 1.37 bits per heavy atom. The molecule has 0 aliphatic carbocycles. The molecular weight excluding hydrogens is 260 g/mol. The number of carbonyl (C=O) groups is 1. The van der Waals surface area contributed by atoms with Crippen LogP contribution in [0.25, 0.3) is 0 Å². The number of anilines is 2. The summed E-state index contributed by atoms with van der Waals surface area (Å²) < 4.78 is 0. The molecule has 0 amide bonds. The van der Waals surface area contributed by atoms with Gasteiger partial charge < -0.3 is 10.4 Å². The maximum atomic E-state index is 11.0. The van der Waals surface area contributed by atoms with Crippen LogP contribution in [0, 0.1) is 6.92 Å². The number of aromatic nitrogens is 1. The van der Waals surface area contributed by atoms with Crippen molar-refractivity contribution in [2.24, 2.45) is 0 Å². The van der Waals surface area contributed by atoms with E-state index in [1.54, 1.807) is 6.92 Å². The van der Waals surface area contributed by atoms with Gasteiger partial charge in [0.2, 0.25) is 0 Å². The second kappa shape index (κ2) is 5.40. The molecule has 0 aliphatic rings. The fourth-order valence-electron chi connectivity index (χ4n) is 1.88. The lowest BCUT2D eigenvalue weighted by molar-refractivity contribution is 0.0690. The summed E-state index contributed by atoms with van der Waals surface area (Å²) in [6.07, 6.45) is 0. The Kier molecular flexibility index (Phi) is 3.85. The van der Waals surface area contributed by atoms with Gasteiger partial charge in [-0.2, -0.15) is 0 Å². The molecule has 0 saturated carbocycles. The van der Waals surface area contributed by atoms with Crippen molar-refractivity contribution in [1.29, 1.82) is 0 Å². The Labute approximate surface area is 116 Å². The van der Waals surface area contributed by atoms with E-state index in [2.05, 4.69) is 30.2 Å². The molecule has 0 fully saturated rings. The quantitative estimate of drug-likeness (QED) is 0.885. The third-order valence-corrected chi connectivity index (χ3v) is 3.71. The number of aromatic carboxylic acids is 1. The number of para-hydroxylation sites is 1. The first-order valence-corrected chi connectivity index (χ1v) is 6.87. The number of hydrogen-bond acceptors (Lipinski definition) is 4. The molecule has 1 aromatic heterocycles. The van der Waals surface area contributed by atoms with E-state index in [4.69, 9.17) is 5.11 Å². The van der Waals surface area contributed by atoms with Gasteiger partial charge in [0.25, 0.3) is 0 Å². The summed E-state index contributed by atoms with van der Waals surface area (Å²) in [4.78, 5) is 15.8. The average Bonchev–Trinajstić information content (AvgIpc) is 2.71. The van der Waals surface area contributed by atoms with Gasteiger partial charge in [0.1, 0.15) is 0 Å². The molecule has 0 saturated heterocycles. The van der Waals surface area contributed by atoms with Crippen LogP contribution >= 0.6 is 11.3 Å². The summed E-state index contributed by atoms with van der Waals surface area (Å²) >= 11 is 1.35. The van der Waals surface area contributed by atoms with E-state index in [0.29, 0.717) is 15.9 Å². The maximum Gasteiger partial charge on any atom is 0.355 e. The number of hydrogen-bond donors (Lipinski definition) is 2. The van der Waals surface area contributed by atoms with Gasteiger partial charge in [0.05, 0.1) is 0 Å². The number of carboxylic acids is 1. The van der Waals surface area contributed by atoms with Crippen LogP contribution < -0.4 is 5.32 Å². The molecule has 4 nitrogen and oxygen atoms in total. The first kappa shape index (κ1) is 13.5. The van der Waals surface area contributed by atoms with Gasteiger partial charge in [-0.3, -0.25) is 0 Å². The van der Waals surface area contributed by atoms with E-state index < -0.39 is 5.97 Å². The van der Waals surface area contributed by atoms with Gasteiger partial charge in [0.15, 0.2) is 10.8 Å². The Morgan fingerprint density at radius 2 is 2.05 bits per heavy atom. The van der Waals surface area contributed by atoms with Crippen molar-refractivity contribution in [1.82, 2.24) is 4.98 Å². The molecule has 5 heteroatoms. The van der Waals surface area contributed by atoms with Crippen molar-refractivity contribution in [2.45, 2.75) is 26.7 Å². The van der Waals surface area contributed by atoms with Gasteiger partial charge >= 0.3 is 5.97 Å². The van der Waals surface area contributed by atoms with Gasteiger partial charge in [-0.1, -0.05) is 32.0 Å². The third-order valence-electron chi connectivity index (χ3n) is 2.82. The summed E-state index contributed by atoms with van der Waals surface area (Å²) in [5.41, 5.74) is 2.28. The number of nitrogens with zero attached hydrogens (tertiary/aromatic N) is 1. The highest BCUT2D eigenvalue weighted by Crippen LogP contribution is 2.30. The minimum Gasteiger partial charge on any atom is -0.476 e. The van der Waals surface area contributed by atoms with E-state index in [-0.39, 0.29) is 5.69 Å². The van der Waals surface area contributed by atoms with Gasteiger partial charge in [0, 0.05) is 10.6 Å². The third kappa shape index (κ3) is 2.93. The standard InChI is InChI=1S/C14H16N2O2S/c1-8(2)10-6-4-5-7-11(10)15-14-16-12(13(17)18)9(3)19-14/h4-8H,1-3H3,(H,15,16)(H,17,18). The second-order valence-electron chi connectivity index (χ2n) is 4.60. The van der Waals surface area contributed by atoms with Crippen LogP contribution in [-0.2, 0) is 0 Å². The summed E-state index contributed by atoms with van der Waals surface area (Å²) in [5.74, 6) is -0.595. The van der Waals surface area contributed by atoms with Crippen molar-refractivity contribution in [3.63, 3.8) is 0 Å². The summed E-state index contributed by atoms with van der Waals surface area (Å²) in [6.45, 7) is 6.01. The van der Waals surface area contributed by atoms with Crippen molar-refractivity contribution in [2.75, 3.05) is 5.32 Å². The molecule has 0 unspecified atom stereocenters. The molecule has 0 radical (unpaired) electrons.